The van der Waals surface area contributed by atoms with Gasteiger partial charge in [-0.25, -0.2) is 9.97 Å². The van der Waals surface area contributed by atoms with Gasteiger partial charge in [-0.2, -0.15) is 0 Å². The summed E-state index contributed by atoms with van der Waals surface area (Å²) in [6, 6.07) is 8.24. The molecule has 0 spiro atoms. The normalized spacial score (nSPS) is 10.4. The van der Waals surface area contributed by atoms with Crippen LogP contribution in [-0.4, -0.2) is 17.0 Å². The lowest BCUT2D eigenvalue weighted by molar-refractivity contribution is 1.00. The fourth-order valence-corrected chi connectivity index (χ4v) is 1.92. The molecular formula is C15H19N3. The first-order valence-corrected chi connectivity index (χ1v) is 6.28. The zero-order valence-electron chi connectivity index (χ0n) is 11.4. The number of hydrogen-bond acceptors (Lipinski definition) is 3. The van der Waals surface area contributed by atoms with Crippen molar-refractivity contribution in [3.05, 3.63) is 41.1 Å². The molecule has 1 aromatic carbocycles. The highest BCUT2D eigenvalue weighted by Crippen LogP contribution is 2.24. The van der Waals surface area contributed by atoms with E-state index in [-0.39, 0.29) is 0 Å². The molecular weight excluding hydrogens is 222 g/mol. The Morgan fingerprint density at radius 2 is 1.94 bits per heavy atom. The van der Waals surface area contributed by atoms with E-state index in [9.17, 15) is 0 Å². The van der Waals surface area contributed by atoms with E-state index in [2.05, 4.69) is 54.3 Å². The molecule has 0 saturated carbocycles. The van der Waals surface area contributed by atoms with Crippen LogP contribution in [0.4, 0.5) is 5.82 Å². The third kappa shape index (κ3) is 2.35. The van der Waals surface area contributed by atoms with Crippen LogP contribution in [0.5, 0.6) is 0 Å². The first kappa shape index (κ1) is 12.6. The highest BCUT2D eigenvalue weighted by molar-refractivity contribution is 5.63. The van der Waals surface area contributed by atoms with Crippen LogP contribution in [0.3, 0.4) is 0 Å². The van der Waals surface area contributed by atoms with Gasteiger partial charge in [0.05, 0.1) is 0 Å². The summed E-state index contributed by atoms with van der Waals surface area (Å²) in [5, 5.41) is 3.09. The molecule has 18 heavy (non-hydrogen) atoms. The van der Waals surface area contributed by atoms with E-state index in [4.69, 9.17) is 0 Å². The van der Waals surface area contributed by atoms with Crippen LogP contribution in [0.1, 0.15) is 23.7 Å². The molecule has 3 heteroatoms. The molecule has 2 aromatic rings. The van der Waals surface area contributed by atoms with Crippen LogP contribution in [-0.2, 0) is 6.42 Å². The molecule has 0 radical (unpaired) electrons. The zero-order chi connectivity index (χ0) is 13.1. The van der Waals surface area contributed by atoms with Gasteiger partial charge in [-0.15, -0.1) is 0 Å². The van der Waals surface area contributed by atoms with Crippen LogP contribution < -0.4 is 5.32 Å². The molecule has 1 heterocycles. The van der Waals surface area contributed by atoms with Crippen molar-refractivity contribution >= 4 is 5.82 Å². The SMILES string of the molecule is CCc1cc(NC)nc(-c2cccc(C)c2C)n1. The van der Waals surface area contributed by atoms with E-state index in [0.29, 0.717) is 0 Å². The van der Waals surface area contributed by atoms with Gasteiger partial charge in [-0.3, -0.25) is 0 Å². The highest BCUT2D eigenvalue weighted by Gasteiger charge is 2.09. The lowest BCUT2D eigenvalue weighted by atomic mass is 10.0. The number of anilines is 1. The van der Waals surface area contributed by atoms with Gasteiger partial charge in [0.1, 0.15) is 5.82 Å². The standard InChI is InChI=1S/C15H19N3/c1-5-12-9-14(16-4)18-15(17-12)13-8-6-7-10(2)11(13)3/h6-9H,5H2,1-4H3,(H,16,17,18). The summed E-state index contributed by atoms with van der Waals surface area (Å²) in [4.78, 5) is 9.17. The van der Waals surface area contributed by atoms with Gasteiger partial charge in [0.15, 0.2) is 5.82 Å². The molecule has 2 rings (SSSR count). The van der Waals surface area contributed by atoms with E-state index in [0.717, 1.165) is 29.3 Å². The van der Waals surface area contributed by atoms with Crippen molar-refractivity contribution < 1.29 is 0 Å². The summed E-state index contributed by atoms with van der Waals surface area (Å²) < 4.78 is 0. The lowest BCUT2D eigenvalue weighted by Crippen LogP contribution is -2.01. The summed E-state index contributed by atoms with van der Waals surface area (Å²) in [5.74, 6) is 1.68. The molecule has 94 valence electrons. The minimum atomic E-state index is 0.805. The quantitative estimate of drug-likeness (QED) is 0.895. The minimum Gasteiger partial charge on any atom is -0.373 e. The monoisotopic (exact) mass is 241 g/mol. The first-order valence-electron chi connectivity index (χ1n) is 6.28. The van der Waals surface area contributed by atoms with E-state index in [1.54, 1.807) is 0 Å². The Morgan fingerprint density at radius 3 is 2.61 bits per heavy atom. The molecule has 0 fully saturated rings. The van der Waals surface area contributed by atoms with Gasteiger partial charge >= 0.3 is 0 Å². The van der Waals surface area contributed by atoms with Crippen molar-refractivity contribution in [1.82, 2.24) is 9.97 Å². The maximum absolute atomic E-state index is 4.62. The third-order valence-electron chi connectivity index (χ3n) is 3.24. The molecule has 0 saturated heterocycles. The van der Waals surface area contributed by atoms with E-state index in [1.165, 1.54) is 11.1 Å². The van der Waals surface area contributed by atoms with E-state index in [1.807, 2.05) is 13.1 Å². The Balaban J connectivity index is 2.59. The first-order chi connectivity index (χ1) is 8.65. The summed E-state index contributed by atoms with van der Waals surface area (Å²) in [7, 11) is 1.88. The number of rotatable bonds is 3. The predicted octanol–water partition coefficient (Wildman–Crippen LogP) is 3.36. The molecule has 0 unspecified atom stereocenters. The van der Waals surface area contributed by atoms with Gasteiger partial charge in [0.25, 0.3) is 0 Å². The molecule has 0 amide bonds. The number of nitrogens with zero attached hydrogens (tertiary/aromatic N) is 2. The molecule has 0 aliphatic heterocycles. The Morgan fingerprint density at radius 1 is 1.17 bits per heavy atom. The fraction of sp³-hybridized carbons (Fsp3) is 0.333. The number of aromatic nitrogens is 2. The maximum atomic E-state index is 4.62. The lowest BCUT2D eigenvalue weighted by Gasteiger charge is -2.10. The zero-order valence-corrected chi connectivity index (χ0v) is 11.4. The smallest absolute Gasteiger partial charge is 0.162 e. The van der Waals surface area contributed by atoms with Crippen LogP contribution in [0.2, 0.25) is 0 Å². The molecule has 1 N–H and O–H groups in total. The molecule has 0 bridgehead atoms. The summed E-state index contributed by atoms with van der Waals surface area (Å²) >= 11 is 0. The van der Waals surface area contributed by atoms with Crippen LogP contribution in [0.15, 0.2) is 24.3 Å². The Labute approximate surface area is 108 Å². The number of aryl methyl sites for hydroxylation is 2. The van der Waals surface area contributed by atoms with Crippen molar-refractivity contribution in [2.45, 2.75) is 27.2 Å². The number of benzene rings is 1. The van der Waals surface area contributed by atoms with Gasteiger partial charge in [0.2, 0.25) is 0 Å². The number of hydrogen-bond donors (Lipinski definition) is 1. The maximum Gasteiger partial charge on any atom is 0.162 e. The Kier molecular flexibility index (Phi) is 3.60. The van der Waals surface area contributed by atoms with Gasteiger partial charge in [0, 0.05) is 24.4 Å². The van der Waals surface area contributed by atoms with E-state index >= 15 is 0 Å². The van der Waals surface area contributed by atoms with Crippen LogP contribution in [0.25, 0.3) is 11.4 Å². The molecule has 1 aromatic heterocycles. The van der Waals surface area contributed by atoms with Crippen molar-refractivity contribution in [1.29, 1.82) is 0 Å². The fourth-order valence-electron chi connectivity index (χ4n) is 1.92. The van der Waals surface area contributed by atoms with Crippen LogP contribution in [0, 0.1) is 13.8 Å². The molecule has 0 aliphatic rings. The van der Waals surface area contributed by atoms with Crippen molar-refractivity contribution in [3.8, 4) is 11.4 Å². The van der Waals surface area contributed by atoms with Gasteiger partial charge in [-0.05, 0) is 31.4 Å². The average molecular weight is 241 g/mol. The third-order valence-corrected chi connectivity index (χ3v) is 3.24. The summed E-state index contributed by atoms with van der Waals surface area (Å²) in [5.41, 5.74) is 4.68. The van der Waals surface area contributed by atoms with Crippen LogP contribution >= 0.6 is 0 Å². The van der Waals surface area contributed by atoms with E-state index < -0.39 is 0 Å². The van der Waals surface area contributed by atoms with Gasteiger partial charge < -0.3 is 5.32 Å². The summed E-state index contributed by atoms with van der Waals surface area (Å²) in [6.07, 6.45) is 0.912. The van der Waals surface area contributed by atoms with Crippen molar-refractivity contribution in [2.75, 3.05) is 12.4 Å². The average Bonchev–Trinajstić information content (AvgIpc) is 2.41. The molecule has 0 atom stereocenters. The largest absolute Gasteiger partial charge is 0.373 e. The topological polar surface area (TPSA) is 37.8 Å². The van der Waals surface area contributed by atoms with Crippen molar-refractivity contribution in [3.63, 3.8) is 0 Å². The second kappa shape index (κ2) is 5.17. The highest BCUT2D eigenvalue weighted by atomic mass is 15.0. The number of nitrogens with one attached hydrogen (secondary N) is 1. The molecule has 3 nitrogen and oxygen atoms in total. The van der Waals surface area contributed by atoms with Crippen molar-refractivity contribution in [2.24, 2.45) is 0 Å². The molecule has 0 aliphatic carbocycles. The van der Waals surface area contributed by atoms with Gasteiger partial charge in [-0.1, -0.05) is 25.1 Å². The minimum absolute atomic E-state index is 0.805. The Bertz CT molecular complexity index is 539. The predicted molar refractivity (Wildman–Crippen MR) is 75.9 cm³/mol. The summed E-state index contributed by atoms with van der Waals surface area (Å²) in [6.45, 7) is 6.34. The Hall–Kier alpha value is -1.90. The second-order valence-electron chi connectivity index (χ2n) is 4.42. The second-order valence-corrected chi connectivity index (χ2v) is 4.42.